The number of nitrogens with one attached hydrogen (secondary N) is 2. The van der Waals surface area contributed by atoms with Crippen molar-refractivity contribution in [1.29, 1.82) is 0 Å². The molecule has 10 nitrogen and oxygen atoms in total. The van der Waals surface area contributed by atoms with Crippen LogP contribution in [0.5, 0.6) is 0 Å². The van der Waals surface area contributed by atoms with E-state index in [0.29, 0.717) is 23.4 Å². The van der Waals surface area contributed by atoms with Crippen LogP contribution in [0.15, 0.2) is 11.4 Å². The molecule has 32 heavy (non-hydrogen) atoms. The third kappa shape index (κ3) is 3.66. The summed E-state index contributed by atoms with van der Waals surface area (Å²) in [4.78, 5) is 33.8. The number of amidine groups is 1. The normalized spacial score (nSPS) is 32.2. The monoisotopic (exact) mass is 443 g/mol. The first-order valence-electron chi connectivity index (χ1n) is 11.3. The van der Waals surface area contributed by atoms with E-state index in [2.05, 4.69) is 20.8 Å². The molecule has 0 spiro atoms. The Morgan fingerprint density at radius 3 is 2.78 bits per heavy atom. The van der Waals surface area contributed by atoms with E-state index < -0.39 is 23.4 Å². The molecule has 1 aromatic heterocycles. The zero-order chi connectivity index (χ0) is 22.5. The van der Waals surface area contributed by atoms with Gasteiger partial charge in [-0.15, -0.1) is 0 Å². The van der Waals surface area contributed by atoms with Gasteiger partial charge in [0.05, 0.1) is 17.9 Å². The van der Waals surface area contributed by atoms with E-state index in [1.165, 1.54) is 6.20 Å². The largest absolute Gasteiger partial charge is 0.460 e. The Morgan fingerprint density at radius 2 is 2.09 bits per heavy atom. The van der Waals surface area contributed by atoms with Crippen molar-refractivity contribution >= 4 is 29.3 Å². The summed E-state index contributed by atoms with van der Waals surface area (Å²) < 4.78 is 4.75. The Balaban J connectivity index is 1.40. The van der Waals surface area contributed by atoms with E-state index in [4.69, 9.17) is 15.3 Å². The lowest BCUT2D eigenvalue weighted by Gasteiger charge is -2.58. The molecule has 4 fully saturated rings. The maximum Gasteiger partial charge on any atom is 0.377 e. The van der Waals surface area contributed by atoms with Crippen molar-refractivity contribution in [1.82, 2.24) is 4.98 Å². The lowest BCUT2D eigenvalue weighted by Crippen LogP contribution is -2.59. The molecule has 0 aromatic carbocycles. The van der Waals surface area contributed by atoms with Crippen molar-refractivity contribution in [2.24, 2.45) is 28.6 Å². The summed E-state index contributed by atoms with van der Waals surface area (Å²) in [5, 5.41) is 21.3. The molecule has 0 amide bonds. The van der Waals surface area contributed by atoms with E-state index in [-0.39, 0.29) is 18.2 Å². The van der Waals surface area contributed by atoms with Crippen LogP contribution in [-0.2, 0) is 20.8 Å². The van der Waals surface area contributed by atoms with Gasteiger partial charge in [0, 0.05) is 24.3 Å². The van der Waals surface area contributed by atoms with Crippen LogP contribution in [0.4, 0.5) is 11.5 Å². The second-order valence-corrected chi connectivity index (χ2v) is 9.49. The minimum absolute atomic E-state index is 0.137. The molecule has 4 bridgehead atoms. The third-order valence-electron chi connectivity index (χ3n) is 7.33. The number of hydrogen-bond donors (Lipinski definition) is 4. The average molecular weight is 444 g/mol. The minimum atomic E-state index is -0.846. The predicted octanol–water partition coefficient (Wildman–Crippen LogP) is 1.39. The number of ether oxygens (including phenoxy) is 1. The Morgan fingerprint density at radius 1 is 1.34 bits per heavy atom. The first-order chi connectivity index (χ1) is 15.4. The highest BCUT2D eigenvalue weighted by molar-refractivity contribution is 6.34. The van der Waals surface area contributed by atoms with Gasteiger partial charge in [-0.25, -0.2) is 14.6 Å². The number of carbonyl (C=O) groups excluding carboxylic acids is 2. The van der Waals surface area contributed by atoms with Crippen LogP contribution in [0, 0.1) is 17.8 Å². The van der Waals surface area contributed by atoms with Gasteiger partial charge in [0.1, 0.15) is 11.4 Å². The molecule has 5 aliphatic rings. The van der Waals surface area contributed by atoms with Crippen molar-refractivity contribution in [2.45, 2.75) is 57.1 Å². The van der Waals surface area contributed by atoms with Crippen LogP contribution in [-0.4, -0.2) is 52.7 Å². The number of aliphatic hydroxyl groups is 1. The third-order valence-corrected chi connectivity index (χ3v) is 7.33. The van der Waals surface area contributed by atoms with Crippen molar-refractivity contribution in [3.05, 3.63) is 17.3 Å². The summed E-state index contributed by atoms with van der Waals surface area (Å²) in [6.45, 7) is 2.52. The van der Waals surface area contributed by atoms with E-state index >= 15 is 0 Å². The quantitative estimate of drug-likeness (QED) is 0.174. The van der Waals surface area contributed by atoms with Crippen molar-refractivity contribution < 1.29 is 24.3 Å². The lowest BCUT2D eigenvalue weighted by atomic mass is 9.52. The molecule has 6 rings (SSSR count). The molecular formula is C22H29N5O5. The van der Waals surface area contributed by atoms with E-state index in [1.54, 1.807) is 6.92 Å². The van der Waals surface area contributed by atoms with Gasteiger partial charge in [0.15, 0.2) is 0 Å². The highest BCUT2D eigenvalue weighted by Crippen LogP contribution is 2.56. The van der Waals surface area contributed by atoms with Crippen molar-refractivity contribution in [3.8, 4) is 0 Å². The molecule has 1 aromatic rings. The average Bonchev–Trinajstić information content (AvgIpc) is 3.22. The Kier molecular flexibility index (Phi) is 5.19. The zero-order valence-corrected chi connectivity index (χ0v) is 18.1. The summed E-state index contributed by atoms with van der Waals surface area (Å²) in [7, 11) is 0. The summed E-state index contributed by atoms with van der Waals surface area (Å²) in [6, 6.07) is 0.179. The fourth-order valence-electron chi connectivity index (χ4n) is 6.34. The highest BCUT2D eigenvalue weighted by Gasteiger charge is 2.55. The number of aromatic nitrogens is 1. The Labute approximate surface area is 185 Å². The van der Waals surface area contributed by atoms with Gasteiger partial charge < -0.3 is 31.0 Å². The first-order valence-corrected chi connectivity index (χ1v) is 11.3. The van der Waals surface area contributed by atoms with Gasteiger partial charge in [-0.05, 0) is 68.4 Å². The minimum Gasteiger partial charge on any atom is -0.460 e. The Bertz CT molecular complexity index is 964. The van der Waals surface area contributed by atoms with Crippen LogP contribution in [0.3, 0.4) is 0 Å². The standard InChI is InChI=1S/C22H29N5O5/c1-2-31-21(29)18(23)27-32-20(28)15-10-25-19-14(3-4-24-19)17(15)26-16-12-5-11-6-13(16)9-22(30,7-11)8-12/h10-13,16,30H,2-9H2,1H3,(H2,23,27)(H2,24,25,26)/t11?,12-,13+,16+,22-. The van der Waals surface area contributed by atoms with Crippen LogP contribution < -0.4 is 16.4 Å². The van der Waals surface area contributed by atoms with Crippen LogP contribution in [0.25, 0.3) is 0 Å². The number of nitrogens with two attached hydrogens (primary N) is 1. The molecule has 4 aliphatic carbocycles. The number of rotatable bonds is 5. The molecule has 2 heterocycles. The molecule has 5 N–H and O–H groups in total. The molecule has 0 saturated heterocycles. The summed E-state index contributed by atoms with van der Waals surface area (Å²) in [6.07, 6.45) is 6.89. The SMILES string of the molecule is CCOC(=O)/C(N)=N/OC(=O)c1cnc2c(c1N[C@H]1[C@@H]3CC4C[C@H]1C[C@@](O)(C4)C3)CCN2. The number of nitrogens with zero attached hydrogens (tertiary/aromatic N) is 2. The second-order valence-electron chi connectivity index (χ2n) is 9.49. The second kappa shape index (κ2) is 7.91. The van der Waals surface area contributed by atoms with Gasteiger partial charge in [-0.3, -0.25) is 0 Å². The van der Waals surface area contributed by atoms with Gasteiger partial charge in [-0.2, -0.15) is 0 Å². The molecule has 1 aliphatic heterocycles. The number of fused-ring (bicyclic) bond motifs is 1. The molecule has 4 saturated carbocycles. The number of esters is 1. The first kappa shape index (κ1) is 21.0. The van der Waals surface area contributed by atoms with Gasteiger partial charge in [-0.1, -0.05) is 0 Å². The van der Waals surface area contributed by atoms with E-state index in [9.17, 15) is 14.7 Å². The molecule has 10 heteroatoms. The molecule has 172 valence electrons. The van der Waals surface area contributed by atoms with Crippen LogP contribution in [0.1, 0.15) is 54.9 Å². The molecule has 1 unspecified atom stereocenters. The van der Waals surface area contributed by atoms with Gasteiger partial charge in [0.2, 0.25) is 5.84 Å². The predicted molar refractivity (Wildman–Crippen MR) is 116 cm³/mol. The maximum atomic E-state index is 12.9. The van der Waals surface area contributed by atoms with Crippen LogP contribution >= 0.6 is 0 Å². The number of carbonyl (C=O) groups is 2. The van der Waals surface area contributed by atoms with Crippen molar-refractivity contribution in [3.63, 3.8) is 0 Å². The van der Waals surface area contributed by atoms with E-state index in [0.717, 1.165) is 56.5 Å². The number of pyridine rings is 1. The summed E-state index contributed by atoms with van der Waals surface area (Å²) in [5.74, 6) is -0.0480. The van der Waals surface area contributed by atoms with Crippen molar-refractivity contribution in [2.75, 3.05) is 23.8 Å². The number of oxime groups is 1. The van der Waals surface area contributed by atoms with E-state index in [1.807, 2.05) is 0 Å². The molecule has 5 atom stereocenters. The van der Waals surface area contributed by atoms with Gasteiger partial charge in [0.25, 0.3) is 0 Å². The topological polar surface area (TPSA) is 148 Å². The van der Waals surface area contributed by atoms with Crippen LogP contribution in [0.2, 0.25) is 0 Å². The molecular weight excluding hydrogens is 414 g/mol. The maximum absolute atomic E-state index is 12.9. The summed E-state index contributed by atoms with van der Waals surface area (Å²) in [5.41, 5.74) is 6.89. The smallest absolute Gasteiger partial charge is 0.377 e. The number of hydrogen-bond acceptors (Lipinski definition) is 9. The fourth-order valence-corrected chi connectivity index (χ4v) is 6.34. The lowest BCUT2D eigenvalue weighted by molar-refractivity contribution is -0.135. The zero-order valence-electron chi connectivity index (χ0n) is 18.1. The Hall–Kier alpha value is -2.88. The summed E-state index contributed by atoms with van der Waals surface area (Å²) >= 11 is 0. The number of anilines is 2. The fraction of sp³-hybridized carbons (Fsp3) is 0.636. The molecule has 0 radical (unpaired) electrons. The van der Waals surface area contributed by atoms with Gasteiger partial charge >= 0.3 is 11.9 Å². The highest BCUT2D eigenvalue weighted by atomic mass is 16.7.